The van der Waals surface area contributed by atoms with E-state index in [0.717, 1.165) is 25.7 Å². The summed E-state index contributed by atoms with van der Waals surface area (Å²) in [7, 11) is 0. The summed E-state index contributed by atoms with van der Waals surface area (Å²) in [6, 6.07) is 3.31. The molecule has 1 heterocycles. The number of aliphatic hydroxyl groups is 1. The fraction of sp³-hybridized carbons (Fsp3) is 0.667. The van der Waals surface area contributed by atoms with Gasteiger partial charge in [-0.2, -0.15) is 0 Å². The third-order valence-electron chi connectivity index (χ3n) is 5.88. The molecule has 4 nitrogen and oxygen atoms in total. The standard InChI is InChI=1S/C18H21ClO4S/c19-15-2-1-14(24-15)13(20)9-23-16(21)8-17-4-11-3-12(5-17)7-18(22,6-11)10-17/h1-2,11-12,22H,3-10H2/t11-,12+,17?,18?. The van der Waals surface area contributed by atoms with Crippen LogP contribution in [0.4, 0.5) is 0 Å². The van der Waals surface area contributed by atoms with Crippen LogP contribution < -0.4 is 0 Å². The van der Waals surface area contributed by atoms with E-state index < -0.39 is 5.60 Å². The quantitative estimate of drug-likeness (QED) is 0.633. The van der Waals surface area contributed by atoms with Crippen molar-refractivity contribution in [2.75, 3.05) is 6.61 Å². The van der Waals surface area contributed by atoms with Gasteiger partial charge in [0, 0.05) is 0 Å². The van der Waals surface area contributed by atoms with E-state index in [1.54, 1.807) is 12.1 Å². The number of hydrogen-bond acceptors (Lipinski definition) is 5. The third kappa shape index (κ3) is 3.14. The second kappa shape index (κ2) is 5.82. The molecule has 4 aliphatic rings. The zero-order chi connectivity index (χ0) is 16.9. The molecule has 4 fully saturated rings. The van der Waals surface area contributed by atoms with Crippen molar-refractivity contribution >= 4 is 34.7 Å². The van der Waals surface area contributed by atoms with E-state index in [1.807, 2.05) is 0 Å². The summed E-state index contributed by atoms with van der Waals surface area (Å²) in [4.78, 5) is 24.8. The molecule has 4 bridgehead atoms. The van der Waals surface area contributed by atoms with Gasteiger partial charge in [-0.3, -0.25) is 9.59 Å². The average Bonchev–Trinajstić information content (AvgIpc) is 2.88. The topological polar surface area (TPSA) is 63.6 Å². The number of carbonyl (C=O) groups is 2. The maximum Gasteiger partial charge on any atom is 0.306 e. The van der Waals surface area contributed by atoms with Gasteiger partial charge >= 0.3 is 5.97 Å². The maximum atomic E-state index is 12.3. The number of thiophene rings is 1. The van der Waals surface area contributed by atoms with Crippen LogP contribution in [0.2, 0.25) is 4.34 Å². The molecule has 4 saturated carbocycles. The maximum absolute atomic E-state index is 12.3. The highest BCUT2D eigenvalue weighted by Gasteiger charge is 2.57. The molecule has 1 aromatic heterocycles. The molecule has 0 spiro atoms. The van der Waals surface area contributed by atoms with Gasteiger partial charge in [0.15, 0.2) is 6.61 Å². The molecule has 0 amide bonds. The molecule has 1 N–H and O–H groups in total. The summed E-state index contributed by atoms with van der Waals surface area (Å²) in [5, 5.41) is 10.7. The van der Waals surface area contributed by atoms with Crippen molar-refractivity contribution in [2.45, 2.75) is 50.5 Å². The van der Waals surface area contributed by atoms with Crippen molar-refractivity contribution in [2.24, 2.45) is 17.3 Å². The zero-order valence-electron chi connectivity index (χ0n) is 13.4. The molecule has 0 aliphatic heterocycles. The summed E-state index contributed by atoms with van der Waals surface area (Å²) in [5.41, 5.74) is -0.695. The Morgan fingerprint density at radius 1 is 1.25 bits per heavy atom. The lowest BCUT2D eigenvalue weighted by Crippen LogP contribution is -2.56. The summed E-state index contributed by atoms with van der Waals surface area (Å²) in [6.07, 6.45) is 6.01. The van der Waals surface area contributed by atoms with Crippen LogP contribution in [-0.2, 0) is 9.53 Å². The number of ketones is 1. The van der Waals surface area contributed by atoms with Crippen molar-refractivity contribution in [3.63, 3.8) is 0 Å². The molecule has 4 aliphatic carbocycles. The van der Waals surface area contributed by atoms with Gasteiger partial charge in [0.1, 0.15) is 0 Å². The van der Waals surface area contributed by atoms with E-state index in [4.69, 9.17) is 16.3 Å². The van der Waals surface area contributed by atoms with Gasteiger partial charge in [0.05, 0.1) is 21.2 Å². The van der Waals surface area contributed by atoms with Crippen LogP contribution in [0, 0.1) is 17.3 Å². The van der Waals surface area contributed by atoms with Gasteiger partial charge in [-0.25, -0.2) is 0 Å². The summed E-state index contributed by atoms with van der Waals surface area (Å²) < 4.78 is 5.78. The Labute approximate surface area is 150 Å². The van der Waals surface area contributed by atoms with Gasteiger partial charge in [-0.1, -0.05) is 11.6 Å². The lowest BCUT2D eigenvalue weighted by molar-refractivity contribution is -0.176. The van der Waals surface area contributed by atoms with Gasteiger partial charge in [-0.15, -0.1) is 11.3 Å². The predicted molar refractivity (Wildman–Crippen MR) is 91.3 cm³/mol. The first-order valence-corrected chi connectivity index (χ1v) is 9.71. The first kappa shape index (κ1) is 16.6. The molecule has 6 heteroatoms. The van der Waals surface area contributed by atoms with Crippen LogP contribution in [-0.4, -0.2) is 29.1 Å². The highest BCUT2D eigenvalue weighted by Crippen LogP contribution is 2.62. The Hall–Kier alpha value is -0.910. The van der Waals surface area contributed by atoms with Gasteiger partial charge in [0.25, 0.3) is 0 Å². The summed E-state index contributed by atoms with van der Waals surface area (Å²) in [5.74, 6) is 0.541. The molecule has 0 saturated heterocycles. The molecular weight excluding hydrogens is 348 g/mol. The number of rotatable bonds is 5. The summed E-state index contributed by atoms with van der Waals surface area (Å²) >= 11 is 7.01. The second-order valence-corrected chi connectivity index (χ2v) is 9.76. The number of Topliss-reactive ketones (excluding diaryl/α,β-unsaturated/α-hetero) is 1. The minimum atomic E-state index is -0.575. The number of ether oxygens (including phenoxy) is 1. The van der Waals surface area contributed by atoms with Crippen LogP contribution in [0.15, 0.2) is 12.1 Å². The first-order chi connectivity index (χ1) is 11.3. The molecule has 24 heavy (non-hydrogen) atoms. The Morgan fingerprint density at radius 3 is 2.54 bits per heavy atom. The third-order valence-corrected chi connectivity index (χ3v) is 7.16. The lowest BCUT2D eigenvalue weighted by atomic mass is 9.47. The van der Waals surface area contributed by atoms with Crippen LogP contribution in [0.1, 0.15) is 54.6 Å². The minimum Gasteiger partial charge on any atom is -0.457 e. The normalized spacial score (nSPS) is 36.8. The smallest absolute Gasteiger partial charge is 0.306 e. The Morgan fingerprint density at radius 2 is 1.96 bits per heavy atom. The number of hydrogen-bond donors (Lipinski definition) is 1. The van der Waals surface area contributed by atoms with E-state index in [9.17, 15) is 14.7 Å². The van der Waals surface area contributed by atoms with Gasteiger partial charge in [0.2, 0.25) is 5.78 Å². The first-order valence-electron chi connectivity index (χ1n) is 8.51. The second-order valence-electron chi connectivity index (χ2n) is 8.05. The van der Waals surface area contributed by atoms with Crippen molar-refractivity contribution in [1.29, 1.82) is 0 Å². The van der Waals surface area contributed by atoms with Crippen LogP contribution >= 0.6 is 22.9 Å². The molecule has 0 radical (unpaired) electrons. The van der Waals surface area contributed by atoms with E-state index in [0.29, 0.717) is 33.9 Å². The van der Waals surface area contributed by atoms with E-state index >= 15 is 0 Å². The highest BCUT2D eigenvalue weighted by molar-refractivity contribution is 7.18. The monoisotopic (exact) mass is 368 g/mol. The van der Waals surface area contributed by atoms with Gasteiger partial charge in [-0.05, 0) is 67.9 Å². The Kier molecular flexibility index (Phi) is 4.01. The van der Waals surface area contributed by atoms with Crippen molar-refractivity contribution in [1.82, 2.24) is 0 Å². The minimum absolute atomic E-state index is 0.120. The van der Waals surface area contributed by atoms with E-state index in [1.165, 1.54) is 17.8 Å². The highest BCUT2D eigenvalue weighted by atomic mass is 35.5. The number of carbonyl (C=O) groups excluding carboxylic acids is 2. The average molecular weight is 369 g/mol. The van der Waals surface area contributed by atoms with Crippen LogP contribution in [0.5, 0.6) is 0 Å². The molecule has 1 aromatic rings. The molecule has 0 aromatic carbocycles. The molecule has 2 unspecified atom stereocenters. The van der Waals surface area contributed by atoms with E-state index in [2.05, 4.69) is 0 Å². The Balaban J connectivity index is 1.35. The molecular formula is C18H21ClO4S. The van der Waals surface area contributed by atoms with Crippen molar-refractivity contribution in [3.05, 3.63) is 21.3 Å². The summed E-state index contributed by atoms with van der Waals surface area (Å²) in [6.45, 7) is -0.233. The van der Waals surface area contributed by atoms with Crippen molar-refractivity contribution in [3.8, 4) is 0 Å². The van der Waals surface area contributed by atoms with Gasteiger partial charge < -0.3 is 9.84 Å². The molecule has 5 rings (SSSR count). The predicted octanol–water partition coefficient (Wildman–Crippen LogP) is 3.85. The number of halogens is 1. The molecule has 4 atom stereocenters. The molecule has 130 valence electrons. The fourth-order valence-electron chi connectivity index (χ4n) is 5.65. The van der Waals surface area contributed by atoms with Crippen LogP contribution in [0.3, 0.4) is 0 Å². The van der Waals surface area contributed by atoms with Crippen LogP contribution in [0.25, 0.3) is 0 Å². The van der Waals surface area contributed by atoms with Crippen molar-refractivity contribution < 1.29 is 19.4 Å². The zero-order valence-corrected chi connectivity index (χ0v) is 15.0. The number of esters is 1. The van der Waals surface area contributed by atoms with E-state index in [-0.39, 0.29) is 23.8 Å². The lowest BCUT2D eigenvalue weighted by Gasteiger charge is -2.60. The Bertz CT molecular complexity index is 668. The largest absolute Gasteiger partial charge is 0.457 e. The fourth-order valence-corrected chi connectivity index (χ4v) is 6.61. The SMILES string of the molecule is O=C(CC12C[C@@H]3C[C@@H](CC(O)(C3)C1)C2)OCC(=O)c1ccc(Cl)s1.